The molecule has 1 saturated carbocycles. The van der Waals surface area contributed by atoms with Crippen molar-refractivity contribution < 1.29 is 4.79 Å². The fraction of sp³-hybridized carbons (Fsp3) is 0.550. The van der Waals surface area contributed by atoms with Crippen LogP contribution in [0, 0.1) is 18.8 Å². The van der Waals surface area contributed by atoms with Gasteiger partial charge in [-0.2, -0.15) is 0 Å². The molecule has 6 nitrogen and oxygen atoms in total. The lowest BCUT2D eigenvalue weighted by molar-refractivity contribution is -0.125. The van der Waals surface area contributed by atoms with E-state index in [0.29, 0.717) is 18.5 Å². The second-order valence-electron chi connectivity index (χ2n) is 7.75. The van der Waals surface area contributed by atoms with Crippen LogP contribution in [0.4, 0.5) is 0 Å². The number of aromatic nitrogens is 3. The van der Waals surface area contributed by atoms with Crippen LogP contribution in [-0.4, -0.2) is 38.7 Å². The van der Waals surface area contributed by atoms with Crippen molar-refractivity contribution in [2.24, 2.45) is 11.8 Å². The Bertz CT molecular complexity index is 768. The minimum Gasteiger partial charge on any atom is -0.349 e. The van der Waals surface area contributed by atoms with Crippen molar-refractivity contribution in [2.75, 3.05) is 13.1 Å². The first kappa shape index (κ1) is 17.2. The average Bonchev–Trinajstić information content (AvgIpc) is 3.31. The van der Waals surface area contributed by atoms with Gasteiger partial charge in [0.15, 0.2) is 5.82 Å². The molecule has 2 heterocycles. The second-order valence-corrected chi connectivity index (χ2v) is 7.75. The number of rotatable bonds is 6. The van der Waals surface area contributed by atoms with E-state index in [-0.39, 0.29) is 11.8 Å². The van der Waals surface area contributed by atoms with Gasteiger partial charge in [-0.1, -0.05) is 37.3 Å². The largest absolute Gasteiger partial charge is 0.349 e. The quantitative estimate of drug-likeness (QED) is 0.866. The van der Waals surface area contributed by atoms with Crippen molar-refractivity contribution in [3.8, 4) is 0 Å². The standard InChI is InChI=1S/C20H27N5O/c1-14-11-24(12-16-6-4-3-5-7-16)13-18(14)20(26)21-10-19-23-22-15(2)25(19)17-8-9-17/h3-7,14,17-18H,8-13H2,1-2H3,(H,21,26)/t14-,18-/m1/s1. The van der Waals surface area contributed by atoms with Gasteiger partial charge in [0.1, 0.15) is 5.82 Å². The lowest BCUT2D eigenvalue weighted by atomic mass is 9.97. The van der Waals surface area contributed by atoms with Crippen LogP contribution in [0.1, 0.15) is 43.0 Å². The Morgan fingerprint density at radius 2 is 1.96 bits per heavy atom. The summed E-state index contributed by atoms with van der Waals surface area (Å²) in [6, 6.07) is 11.0. The van der Waals surface area contributed by atoms with Crippen molar-refractivity contribution in [3.63, 3.8) is 0 Å². The van der Waals surface area contributed by atoms with Gasteiger partial charge in [0.2, 0.25) is 5.91 Å². The van der Waals surface area contributed by atoms with E-state index in [1.807, 2.05) is 13.0 Å². The first-order valence-electron chi connectivity index (χ1n) is 9.56. The Kier molecular flexibility index (Phi) is 4.76. The van der Waals surface area contributed by atoms with E-state index in [1.165, 1.54) is 18.4 Å². The summed E-state index contributed by atoms with van der Waals surface area (Å²) in [7, 11) is 0. The second kappa shape index (κ2) is 7.19. The molecular formula is C20H27N5O. The molecule has 2 atom stereocenters. The van der Waals surface area contributed by atoms with E-state index >= 15 is 0 Å². The number of aryl methyl sites for hydroxylation is 1. The maximum atomic E-state index is 12.7. The van der Waals surface area contributed by atoms with Crippen molar-refractivity contribution in [1.29, 1.82) is 0 Å². The van der Waals surface area contributed by atoms with Gasteiger partial charge in [-0.15, -0.1) is 10.2 Å². The van der Waals surface area contributed by atoms with E-state index in [2.05, 4.69) is 56.2 Å². The highest BCUT2D eigenvalue weighted by Crippen LogP contribution is 2.36. The van der Waals surface area contributed by atoms with Crippen LogP contribution in [-0.2, 0) is 17.9 Å². The molecule has 0 bridgehead atoms. The van der Waals surface area contributed by atoms with Gasteiger partial charge >= 0.3 is 0 Å². The van der Waals surface area contributed by atoms with Crippen LogP contribution in [0.15, 0.2) is 30.3 Å². The highest BCUT2D eigenvalue weighted by molar-refractivity contribution is 5.79. The van der Waals surface area contributed by atoms with Gasteiger partial charge < -0.3 is 9.88 Å². The van der Waals surface area contributed by atoms with Gasteiger partial charge in [-0.3, -0.25) is 9.69 Å². The lowest BCUT2D eigenvalue weighted by Crippen LogP contribution is -2.35. The number of nitrogens with zero attached hydrogens (tertiary/aromatic N) is 4. The summed E-state index contributed by atoms with van der Waals surface area (Å²) in [5.74, 6) is 2.36. The van der Waals surface area contributed by atoms with E-state index in [0.717, 1.165) is 31.3 Å². The van der Waals surface area contributed by atoms with Crippen molar-refractivity contribution >= 4 is 5.91 Å². The minimum absolute atomic E-state index is 0.0390. The van der Waals surface area contributed by atoms with Gasteiger partial charge in [-0.05, 0) is 31.2 Å². The number of hydrogen-bond acceptors (Lipinski definition) is 4. The first-order chi connectivity index (χ1) is 12.6. The predicted molar refractivity (Wildman–Crippen MR) is 99.2 cm³/mol. The summed E-state index contributed by atoms with van der Waals surface area (Å²) in [6.45, 7) is 7.31. The van der Waals surface area contributed by atoms with Gasteiger partial charge in [-0.25, -0.2) is 0 Å². The van der Waals surface area contributed by atoms with Crippen LogP contribution in [0.3, 0.4) is 0 Å². The van der Waals surface area contributed by atoms with Crippen molar-refractivity contribution in [2.45, 2.75) is 45.8 Å². The molecule has 1 aromatic carbocycles. The molecule has 0 unspecified atom stereocenters. The van der Waals surface area contributed by atoms with Crippen molar-refractivity contribution in [3.05, 3.63) is 47.5 Å². The van der Waals surface area contributed by atoms with Gasteiger partial charge in [0.05, 0.1) is 12.5 Å². The third-order valence-corrected chi connectivity index (χ3v) is 5.54. The number of nitrogens with one attached hydrogen (secondary N) is 1. The molecule has 2 aliphatic rings. The summed E-state index contributed by atoms with van der Waals surface area (Å²) >= 11 is 0. The zero-order valence-electron chi connectivity index (χ0n) is 15.6. The Morgan fingerprint density at radius 1 is 1.19 bits per heavy atom. The van der Waals surface area contributed by atoms with Crippen molar-refractivity contribution in [1.82, 2.24) is 25.0 Å². The molecule has 2 fully saturated rings. The summed E-state index contributed by atoms with van der Waals surface area (Å²) in [4.78, 5) is 15.1. The molecule has 6 heteroatoms. The number of carbonyl (C=O) groups excluding carboxylic acids is 1. The molecule has 26 heavy (non-hydrogen) atoms. The van der Waals surface area contributed by atoms with Crippen LogP contribution in [0.25, 0.3) is 0 Å². The van der Waals surface area contributed by atoms with Crippen LogP contribution in [0.2, 0.25) is 0 Å². The zero-order valence-corrected chi connectivity index (χ0v) is 15.6. The summed E-state index contributed by atoms with van der Waals surface area (Å²) in [5.41, 5.74) is 1.30. The summed E-state index contributed by atoms with van der Waals surface area (Å²) < 4.78 is 2.18. The normalized spacial score (nSPS) is 23.3. The molecule has 1 N–H and O–H groups in total. The molecule has 1 amide bonds. The minimum atomic E-state index is 0.0390. The van der Waals surface area contributed by atoms with E-state index < -0.39 is 0 Å². The molecule has 138 valence electrons. The SMILES string of the molecule is Cc1nnc(CNC(=O)[C@@H]2CN(Cc3ccccc3)C[C@H]2C)n1C1CC1. The average molecular weight is 353 g/mol. The third kappa shape index (κ3) is 3.65. The monoisotopic (exact) mass is 353 g/mol. The topological polar surface area (TPSA) is 63.1 Å². The number of benzene rings is 1. The first-order valence-corrected chi connectivity index (χ1v) is 9.56. The Morgan fingerprint density at radius 3 is 2.69 bits per heavy atom. The van der Waals surface area contributed by atoms with E-state index in [9.17, 15) is 4.79 Å². The maximum absolute atomic E-state index is 12.7. The highest BCUT2D eigenvalue weighted by atomic mass is 16.2. The molecule has 1 aliphatic carbocycles. The van der Waals surface area contributed by atoms with Crippen LogP contribution in [0.5, 0.6) is 0 Å². The van der Waals surface area contributed by atoms with Gasteiger partial charge in [0, 0.05) is 25.7 Å². The third-order valence-electron chi connectivity index (χ3n) is 5.54. The number of amides is 1. The van der Waals surface area contributed by atoms with E-state index in [4.69, 9.17) is 0 Å². The Balaban J connectivity index is 1.33. The Labute approximate surface area is 154 Å². The molecule has 2 aromatic rings. The molecule has 1 aromatic heterocycles. The number of carbonyl (C=O) groups is 1. The van der Waals surface area contributed by atoms with Gasteiger partial charge in [0.25, 0.3) is 0 Å². The summed E-state index contributed by atoms with van der Waals surface area (Å²) in [5, 5.41) is 11.5. The number of likely N-dealkylation sites (tertiary alicyclic amines) is 1. The van der Waals surface area contributed by atoms with E-state index in [1.54, 1.807) is 0 Å². The molecule has 4 rings (SSSR count). The van der Waals surface area contributed by atoms with Crippen LogP contribution >= 0.6 is 0 Å². The highest BCUT2D eigenvalue weighted by Gasteiger charge is 2.35. The molecular weight excluding hydrogens is 326 g/mol. The number of hydrogen-bond donors (Lipinski definition) is 1. The lowest BCUT2D eigenvalue weighted by Gasteiger charge is -2.16. The van der Waals surface area contributed by atoms with Crippen LogP contribution < -0.4 is 5.32 Å². The molecule has 1 saturated heterocycles. The maximum Gasteiger partial charge on any atom is 0.225 e. The predicted octanol–water partition coefficient (Wildman–Crippen LogP) is 2.31. The fourth-order valence-corrected chi connectivity index (χ4v) is 4.02. The summed E-state index contributed by atoms with van der Waals surface area (Å²) in [6.07, 6.45) is 2.38. The molecule has 0 radical (unpaired) electrons. The molecule has 0 spiro atoms. The fourth-order valence-electron chi connectivity index (χ4n) is 4.02. The zero-order chi connectivity index (χ0) is 18.1. The molecule has 1 aliphatic heterocycles. The smallest absolute Gasteiger partial charge is 0.225 e. The Hall–Kier alpha value is -2.21.